The monoisotopic (exact) mass is 483 g/mol. The van der Waals surface area contributed by atoms with Crippen LogP contribution in [-0.2, 0) is 17.4 Å². The molecular formula is C24H26ClF4N3O. The molecule has 0 radical (unpaired) electrons. The molecule has 1 amide bonds. The maximum absolute atomic E-state index is 13.4. The Bertz CT molecular complexity index is 984. The molecule has 4 rings (SSSR count). The summed E-state index contributed by atoms with van der Waals surface area (Å²) in [6.45, 7) is 2.44. The molecule has 9 heteroatoms. The van der Waals surface area contributed by atoms with Crippen molar-refractivity contribution in [3.05, 3.63) is 58.5 Å². The van der Waals surface area contributed by atoms with Crippen molar-refractivity contribution in [3.63, 3.8) is 0 Å². The number of anilines is 1. The molecule has 0 N–H and O–H groups in total. The number of halogens is 5. The quantitative estimate of drug-likeness (QED) is 0.532. The number of piperidine rings is 2. The van der Waals surface area contributed by atoms with Crippen LogP contribution in [0.25, 0.3) is 0 Å². The summed E-state index contributed by atoms with van der Waals surface area (Å²) in [4.78, 5) is 20.7. The number of pyridine rings is 1. The van der Waals surface area contributed by atoms with Crippen LogP contribution in [0.5, 0.6) is 0 Å². The maximum Gasteiger partial charge on any atom is 0.417 e. The molecule has 2 aliphatic rings. The van der Waals surface area contributed by atoms with Crippen molar-refractivity contribution in [2.45, 2.75) is 38.3 Å². The van der Waals surface area contributed by atoms with Gasteiger partial charge in [-0.3, -0.25) is 4.79 Å². The predicted molar refractivity (Wildman–Crippen MR) is 119 cm³/mol. The van der Waals surface area contributed by atoms with Gasteiger partial charge in [0.1, 0.15) is 11.6 Å². The van der Waals surface area contributed by atoms with E-state index in [1.54, 1.807) is 12.1 Å². The van der Waals surface area contributed by atoms with Gasteiger partial charge in [0, 0.05) is 38.3 Å². The van der Waals surface area contributed by atoms with Gasteiger partial charge >= 0.3 is 6.18 Å². The third-order valence-corrected chi connectivity index (χ3v) is 6.91. The second kappa shape index (κ2) is 9.87. The summed E-state index contributed by atoms with van der Waals surface area (Å²) < 4.78 is 51.9. The summed E-state index contributed by atoms with van der Waals surface area (Å²) in [5.41, 5.74) is 0.116. The first kappa shape index (κ1) is 23.8. The van der Waals surface area contributed by atoms with Gasteiger partial charge < -0.3 is 9.80 Å². The highest BCUT2D eigenvalue weighted by molar-refractivity contribution is 6.33. The first-order valence-corrected chi connectivity index (χ1v) is 11.6. The van der Waals surface area contributed by atoms with E-state index in [1.165, 1.54) is 6.07 Å². The largest absolute Gasteiger partial charge is 0.417 e. The molecule has 4 nitrogen and oxygen atoms in total. The number of likely N-dealkylation sites (tertiary alicyclic amines) is 1. The molecule has 0 saturated carbocycles. The van der Waals surface area contributed by atoms with E-state index in [4.69, 9.17) is 11.6 Å². The molecule has 0 atom stereocenters. The zero-order chi connectivity index (χ0) is 23.6. The molecule has 33 heavy (non-hydrogen) atoms. The molecule has 3 heterocycles. The third kappa shape index (κ3) is 5.78. The molecule has 2 aliphatic heterocycles. The average Bonchev–Trinajstić information content (AvgIpc) is 2.79. The van der Waals surface area contributed by atoms with E-state index in [1.807, 2.05) is 15.9 Å². The van der Waals surface area contributed by atoms with Crippen LogP contribution in [-0.4, -0.2) is 42.0 Å². The minimum atomic E-state index is -4.49. The van der Waals surface area contributed by atoms with Gasteiger partial charge in [-0.25, -0.2) is 9.37 Å². The maximum atomic E-state index is 13.4. The van der Waals surface area contributed by atoms with Crippen LogP contribution in [0, 0.1) is 17.7 Å². The lowest BCUT2D eigenvalue weighted by Gasteiger charge is -2.38. The average molecular weight is 484 g/mol. The number of hydrogen-bond donors (Lipinski definition) is 0. The van der Waals surface area contributed by atoms with Crippen molar-refractivity contribution in [1.29, 1.82) is 0 Å². The van der Waals surface area contributed by atoms with E-state index in [2.05, 4.69) is 4.98 Å². The SMILES string of the molecule is O=C(C1CCN(c2ncc(C(F)(F)F)cc2Cl)CC1)N1CCC(Cc2cccc(F)c2)CC1. The first-order chi connectivity index (χ1) is 15.7. The minimum Gasteiger partial charge on any atom is -0.355 e. The summed E-state index contributed by atoms with van der Waals surface area (Å²) in [6, 6.07) is 7.57. The zero-order valence-corrected chi connectivity index (χ0v) is 18.9. The number of hydrogen-bond acceptors (Lipinski definition) is 3. The van der Waals surface area contributed by atoms with Crippen molar-refractivity contribution in [3.8, 4) is 0 Å². The highest BCUT2D eigenvalue weighted by atomic mass is 35.5. The summed E-state index contributed by atoms with van der Waals surface area (Å²) >= 11 is 6.07. The minimum absolute atomic E-state index is 0.0324. The standard InChI is InChI=1S/C24H26ClF4N3O/c25-21-14-19(24(27,28)29)15-30-22(21)31-10-6-18(7-11-31)23(33)32-8-4-16(5-9-32)12-17-2-1-3-20(26)13-17/h1-3,13-16,18H,4-12H2. The van der Waals surface area contributed by atoms with Crippen LogP contribution in [0.3, 0.4) is 0 Å². The van der Waals surface area contributed by atoms with Crippen LogP contribution in [0.4, 0.5) is 23.4 Å². The fourth-order valence-electron chi connectivity index (χ4n) is 4.77. The topological polar surface area (TPSA) is 36.4 Å². The number of benzene rings is 1. The highest BCUT2D eigenvalue weighted by Crippen LogP contribution is 2.35. The van der Waals surface area contributed by atoms with Gasteiger partial charge in [-0.05, 0) is 61.8 Å². The van der Waals surface area contributed by atoms with Crippen LogP contribution >= 0.6 is 11.6 Å². The van der Waals surface area contributed by atoms with Crippen LogP contribution in [0.2, 0.25) is 5.02 Å². The van der Waals surface area contributed by atoms with E-state index >= 15 is 0 Å². The van der Waals surface area contributed by atoms with Crippen molar-refractivity contribution >= 4 is 23.3 Å². The van der Waals surface area contributed by atoms with Gasteiger partial charge in [0.05, 0.1) is 10.6 Å². The fraction of sp³-hybridized carbons (Fsp3) is 0.500. The van der Waals surface area contributed by atoms with E-state index in [0.29, 0.717) is 50.8 Å². The van der Waals surface area contributed by atoms with E-state index < -0.39 is 11.7 Å². The number of carbonyl (C=O) groups excluding carboxylic acids is 1. The lowest BCUT2D eigenvalue weighted by atomic mass is 9.88. The number of rotatable bonds is 4. The van der Waals surface area contributed by atoms with Gasteiger partial charge in [-0.1, -0.05) is 23.7 Å². The van der Waals surface area contributed by atoms with Crippen molar-refractivity contribution < 1.29 is 22.4 Å². The molecule has 178 valence electrons. The van der Waals surface area contributed by atoms with Crippen molar-refractivity contribution in [1.82, 2.24) is 9.88 Å². The van der Waals surface area contributed by atoms with Crippen molar-refractivity contribution in [2.24, 2.45) is 11.8 Å². The van der Waals surface area contributed by atoms with E-state index in [9.17, 15) is 22.4 Å². The molecule has 2 saturated heterocycles. The molecule has 2 aromatic rings. The van der Waals surface area contributed by atoms with Gasteiger partial charge in [0.15, 0.2) is 0 Å². The normalized spacial score (nSPS) is 18.6. The molecule has 0 spiro atoms. The molecular weight excluding hydrogens is 458 g/mol. The van der Waals surface area contributed by atoms with Gasteiger partial charge in [-0.2, -0.15) is 13.2 Å². The summed E-state index contributed by atoms with van der Waals surface area (Å²) in [7, 11) is 0. The number of aromatic nitrogens is 1. The third-order valence-electron chi connectivity index (χ3n) is 6.63. The van der Waals surface area contributed by atoms with Crippen LogP contribution in [0.1, 0.15) is 36.8 Å². The Morgan fingerprint density at radius 1 is 1.06 bits per heavy atom. The Kier molecular flexibility index (Phi) is 7.12. The fourth-order valence-corrected chi connectivity index (χ4v) is 5.06. The molecule has 0 bridgehead atoms. The Morgan fingerprint density at radius 2 is 1.76 bits per heavy atom. The van der Waals surface area contributed by atoms with Crippen LogP contribution < -0.4 is 4.90 Å². The van der Waals surface area contributed by atoms with Gasteiger partial charge in [0.2, 0.25) is 5.91 Å². The Hall–Kier alpha value is -2.35. The molecule has 2 fully saturated rings. The number of carbonyl (C=O) groups is 1. The Balaban J connectivity index is 1.27. The van der Waals surface area contributed by atoms with Gasteiger partial charge in [-0.15, -0.1) is 0 Å². The second-order valence-electron chi connectivity index (χ2n) is 8.89. The lowest BCUT2D eigenvalue weighted by Crippen LogP contribution is -2.45. The number of alkyl halides is 3. The van der Waals surface area contributed by atoms with E-state index in [0.717, 1.165) is 37.1 Å². The summed E-state index contributed by atoms with van der Waals surface area (Å²) in [5.74, 6) is 0.582. The van der Waals surface area contributed by atoms with Crippen molar-refractivity contribution in [2.75, 3.05) is 31.1 Å². The first-order valence-electron chi connectivity index (χ1n) is 11.2. The molecule has 0 unspecified atom stereocenters. The van der Waals surface area contributed by atoms with Crippen LogP contribution in [0.15, 0.2) is 36.5 Å². The summed E-state index contributed by atoms with van der Waals surface area (Å²) in [6.07, 6.45) is 0.144. The zero-order valence-electron chi connectivity index (χ0n) is 18.1. The second-order valence-corrected chi connectivity index (χ2v) is 9.30. The van der Waals surface area contributed by atoms with Gasteiger partial charge in [0.25, 0.3) is 0 Å². The Morgan fingerprint density at radius 3 is 2.36 bits per heavy atom. The Labute approximate surface area is 195 Å². The number of amides is 1. The summed E-state index contributed by atoms with van der Waals surface area (Å²) in [5, 5.41) is -0.0324. The predicted octanol–water partition coefficient (Wildman–Crippen LogP) is 5.59. The smallest absolute Gasteiger partial charge is 0.355 e. The highest BCUT2D eigenvalue weighted by Gasteiger charge is 2.34. The molecule has 1 aromatic carbocycles. The number of nitrogens with zero attached hydrogens (tertiary/aromatic N) is 3. The lowest BCUT2D eigenvalue weighted by molar-refractivity contribution is -0.138. The molecule has 0 aliphatic carbocycles. The molecule has 1 aromatic heterocycles. The van der Waals surface area contributed by atoms with E-state index in [-0.39, 0.29) is 22.7 Å².